The molecule has 0 amide bonds. The Balaban J connectivity index is 2.12. The Morgan fingerprint density at radius 1 is 0.442 bits per heavy atom. The first-order chi connectivity index (χ1) is 25.4. The highest BCUT2D eigenvalue weighted by Gasteiger charge is 2.07. The molecule has 302 valence electrons. The van der Waals surface area contributed by atoms with Crippen molar-refractivity contribution in [3.63, 3.8) is 0 Å². The van der Waals surface area contributed by atoms with E-state index < -0.39 is 0 Å². The van der Waals surface area contributed by atoms with Gasteiger partial charge in [-0.25, -0.2) is 0 Å². The number of carbonyl (C=O) groups excluding carboxylic acids is 2. The zero-order chi connectivity index (χ0) is 37.7. The average molecular weight is 732 g/mol. The van der Waals surface area contributed by atoms with Crippen LogP contribution in [-0.4, -0.2) is 57.4 Å². The number of benzene rings is 1. The number of carbonyl (C=O) groups is 2. The van der Waals surface area contributed by atoms with Crippen LogP contribution in [0.25, 0.3) is 0 Å². The summed E-state index contributed by atoms with van der Waals surface area (Å²) in [5.74, 6) is 1.43. The van der Waals surface area contributed by atoms with Crippen LogP contribution in [0.3, 0.4) is 0 Å². The lowest BCUT2D eigenvalue weighted by molar-refractivity contribution is -0.144. The van der Waals surface area contributed by atoms with Gasteiger partial charge in [-0.3, -0.25) is 9.59 Å². The van der Waals surface area contributed by atoms with Gasteiger partial charge in [0.1, 0.15) is 11.5 Å². The smallest absolute Gasteiger partial charge is 0.305 e. The van der Waals surface area contributed by atoms with Gasteiger partial charge in [0.05, 0.1) is 26.4 Å². The van der Waals surface area contributed by atoms with Gasteiger partial charge >= 0.3 is 11.9 Å². The van der Waals surface area contributed by atoms with Crippen LogP contribution < -0.4 is 9.47 Å². The minimum Gasteiger partial charge on any atom is -0.493 e. The molecule has 0 aromatic heterocycles. The first-order valence-electron chi connectivity index (χ1n) is 21.8. The molecule has 0 atom stereocenters. The standard InChI is InChI=1S/C45H81NO6/c1-5-7-9-11-13-15-17-19-21-23-25-31-44(47)51-35-29-27-33-49-42-37-41(40-46(3)4)38-43(39-42)50-34-28-30-36-52-45(48)32-26-24-22-20-18-16-14-12-10-8-6-2/h37-39H,5-36,40H2,1-4H3. The van der Waals surface area contributed by atoms with E-state index in [1.54, 1.807) is 0 Å². The quantitative estimate of drug-likeness (QED) is 0.0495. The van der Waals surface area contributed by atoms with Crippen molar-refractivity contribution in [3.8, 4) is 11.5 Å². The third-order valence-electron chi connectivity index (χ3n) is 9.55. The molecule has 0 aliphatic heterocycles. The van der Waals surface area contributed by atoms with E-state index in [4.69, 9.17) is 18.9 Å². The van der Waals surface area contributed by atoms with Crippen LogP contribution in [0.1, 0.15) is 199 Å². The van der Waals surface area contributed by atoms with Crippen molar-refractivity contribution >= 4 is 11.9 Å². The Morgan fingerprint density at radius 3 is 1.12 bits per heavy atom. The molecule has 0 unspecified atom stereocenters. The van der Waals surface area contributed by atoms with Crippen molar-refractivity contribution in [3.05, 3.63) is 23.8 Å². The molecule has 0 bridgehead atoms. The highest BCUT2D eigenvalue weighted by molar-refractivity contribution is 5.69. The molecule has 0 N–H and O–H groups in total. The lowest BCUT2D eigenvalue weighted by Gasteiger charge is -2.15. The van der Waals surface area contributed by atoms with Crippen LogP contribution in [0.15, 0.2) is 18.2 Å². The van der Waals surface area contributed by atoms with Gasteiger partial charge < -0.3 is 23.8 Å². The molecule has 0 aliphatic carbocycles. The van der Waals surface area contributed by atoms with Crippen molar-refractivity contribution < 1.29 is 28.5 Å². The highest BCUT2D eigenvalue weighted by atomic mass is 16.5. The maximum absolute atomic E-state index is 12.1. The van der Waals surface area contributed by atoms with Crippen LogP contribution in [0.4, 0.5) is 0 Å². The Hall–Kier alpha value is -2.28. The maximum atomic E-state index is 12.1. The van der Waals surface area contributed by atoms with Crippen molar-refractivity contribution in [1.82, 2.24) is 4.90 Å². The fraction of sp³-hybridized carbons (Fsp3) is 0.822. The number of unbranched alkanes of at least 4 members (excludes halogenated alkanes) is 22. The lowest BCUT2D eigenvalue weighted by Crippen LogP contribution is -2.11. The van der Waals surface area contributed by atoms with E-state index in [-0.39, 0.29) is 11.9 Å². The van der Waals surface area contributed by atoms with Gasteiger partial charge in [-0.2, -0.15) is 0 Å². The first-order valence-corrected chi connectivity index (χ1v) is 21.8. The third-order valence-corrected chi connectivity index (χ3v) is 9.55. The molecule has 0 heterocycles. The molecule has 7 nitrogen and oxygen atoms in total. The summed E-state index contributed by atoms with van der Waals surface area (Å²) >= 11 is 0. The topological polar surface area (TPSA) is 74.3 Å². The number of rotatable bonds is 38. The zero-order valence-electron chi connectivity index (χ0n) is 34.5. The van der Waals surface area contributed by atoms with E-state index in [0.717, 1.165) is 75.0 Å². The molecule has 1 aromatic carbocycles. The van der Waals surface area contributed by atoms with Gasteiger partial charge in [0, 0.05) is 25.5 Å². The minimum atomic E-state index is -0.0761. The molecule has 0 radical (unpaired) electrons. The van der Waals surface area contributed by atoms with Crippen molar-refractivity contribution in [2.75, 3.05) is 40.5 Å². The summed E-state index contributed by atoms with van der Waals surface area (Å²) in [5, 5.41) is 0. The normalized spacial score (nSPS) is 11.2. The van der Waals surface area contributed by atoms with Crippen LogP contribution in [-0.2, 0) is 25.6 Å². The molecule has 0 spiro atoms. The fourth-order valence-corrected chi connectivity index (χ4v) is 6.43. The molecule has 1 aromatic rings. The molecule has 7 heteroatoms. The second kappa shape index (κ2) is 35.7. The number of hydrogen-bond donors (Lipinski definition) is 0. The van der Waals surface area contributed by atoms with Crippen molar-refractivity contribution in [2.24, 2.45) is 0 Å². The summed E-state index contributed by atoms with van der Waals surface area (Å²) in [6.07, 6.45) is 32.4. The summed E-state index contributed by atoms with van der Waals surface area (Å²) < 4.78 is 23.1. The van der Waals surface area contributed by atoms with Gasteiger partial charge in [0.25, 0.3) is 0 Å². The Labute approximate surface area is 320 Å². The predicted molar refractivity (Wildman–Crippen MR) is 217 cm³/mol. The van der Waals surface area contributed by atoms with Crippen molar-refractivity contribution in [2.45, 2.75) is 200 Å². The highest BCUT2D eigenvalue weighted by Crippen LogP contribution is 2.24. The second-order valence-corrected chi connectivity index (χ2v) is 15.2. The van der Waals surface area contributed by atoms with Gasteiger partial charge in [-0.15, -0.1) is 0 Å². The minimum absolute atomic E-state index is 0.0761. The van der Waals surface area contributed by atoms with Crippen LogP contribution >= 0.6 is 0 Å². The largest absolute Gasteiger partial charge is 0.493 e. The molecule has 0 saturated carbocycles. The monoisotopic (exact) mass is 732 g/mol. The summed E-state index contributed by atoms with van der Waals surface area (Å²) in [4.78, 5) is 26.3. The van der Waals surface area contributed by atoms with E-state index >= 15 is 0 Å². The van der Waals surface area contributed by atoms with E-state index in [1.165, 1.54) is 116 Å². The Morgan fingerprint density at radius 2 is 0.769 bits per heavy atom. The first kappa shape index (κ1) is 47.7. The summed E-state index contributed by atoms with van der Waals surface area (Å²) in [7, 11) is 4.09. The predicted octanol–water partition coefficient (Wildman–Crippen LogP) is 12.6. The van der Waals surface area contributed by atoms with Crippen LogP contribution in [0.2, 0.25) is 0 Å². The zero-order valence-corrected chi connectivity index (χ0v) is 34.5. The second-order valence-electron chi connectivity index (χ2n) is 15.2. The number of nitrogens with zero attached hydrogens (tertiary/aromatic N) is 1. The van der Waals surface area contributed by atoms with Crippen LogP contribution in [0, 0.1) is 0 Å². The van der Waals surface area contributed by atoms with Gasteiger partial charge in [0.2, 0.25) is 0 Å². The van der Waals surface area contributed by atoms with E-state index in [1.807, 2.05) is 20.2 Å². The lowest BCUT2D eigenvalue weighted by atomic mass is 10.1. The average Bonchev–Trinajstić information content (AvgIpc) is 3.12. The summed E-state index contributed by atoms with van der Waals surface area (Å²) in [5.41, 5.74) is 1.13. The van der Waals surface area contributed by atoms with Gasteiger partial charge in [-0.05, 0) is 70.3 Å². The molecular weight excluding hydrogens is 650 g/mol. The van der Waals surface area contributed by atoms with E-state index in [0.29, 0.717) is 39.3 Å². The van der Waals surface area contributed by atoms with Gasteiger partial charge in [0.15, 0.2) is 0 Å². The molecule has 0 aliphatic rings. The maximum Gasteiger partial charge on any atom is 0.305 e. The third kappa shape index (κ3) is 31.3. The van der Waals surface area contributed by atoms with Crippen LogP contribution in [0.5, 0.6) is 11.5 Å². The molecular formula is C45H81NO6. The van der Waals surface area contributed by atoms with Gasteiger partial charge in [-0.1, -0.05) is 142 Å². The molecule has 0 saturated heterocycles. The Bertz CT molecular complexity index is 899. The fourth-order valence-electron chi connectivity index (χ4n) is 6.43. The molecule has 52 heavy (non-hydrogen) atoms. The summed E-state index contributed by atoms with van der Waals surface area (Å²) in [6, 6.07) is 6.07. The van der Waals surface area contributed by atoms with Crippen molar-refractivity contribution in [1.29, 1.82) is 0 Å². The number of hydrogen-bond acceptors (Lipinski definition) is 7. The van der Waals surface area contributed by atoms with E-state index in [2.05, 4.69) is 30.9 Å². The number of esters is 2. The SMILES string of the molecule is CCCCCCCCCCCCCC(=O)OCCCCOc1cc(CN(C)C)cc(OCCCCOC(=O)CCCCCCCCCCCCC)c1. The van der Waals surface area contributed by atoms with E-state index in [9.17, 15) is 9.59 Å². The molecule has 0 fully saturated rings. The summed E-state index contributed by atoms with van der Waals surface area (Å²) in [6.45, 7) is 7.33. The Kier molecular flexibility index (Phi) is 32.8. The molecule has 1 rings (SSSR count). The number of ether oxygens (including phenoxy) is 4.